The molecule has 1 aromatic carbocycles. The number of hydrogen-bond acceptors (Lipinski definition) is 1. The maximum atomic E-state index is 8.92. The average Bonchev–Trinajstić information content (AvgIpc) is 2.16. The third kappa shape index (κ3) is 2.64. The number of aliphatic hydroxyl groups excluding tert-OH is 1. The molecular weight excluding hydrogens is 150 g/mol. The van der Waals surface area contributed by atoms with Gasteiger partial charge in [-0.1, -0.05) is 30.3 Å². The molecule has 1 atom stereocenters. The van der Waals surface area contributed by atoms with Crippen LogP contribution >= 0.6 is 0 Å². The second-order valence-corrected chi connectivity index (χ2v) is 2.87. The van der Waals surface area contributed by atoms with E-state index in [1.807, 2.05) is 18.2 Å². The molecule has 1 rings (SSSR count). The lowest BCUT2D eigenvalue weighted by Crippen LogP contribution is -2.85. The van der Waals surface area contributed by atoms with Crippen molar-refractivity contribution >= 4 is 0 Å². The molecule has 0 fully saturated rings. The number of benzene rings is 1. The van der Waals surface area contributed by atoms with Gasteiger partial charge < -0.3 is 10.4 Å². The van der Waals surface area contributed by atoms with E-state index < -0.39 is 0 Å². The van der Waals surface area contributed by atoms with Crippen molar-refractivity contribution in [3.8, 4) is 0 Å². The summed E-state index contributed by atoms with van der Waals surface area (Å²) < 4.78 is 0. The molecule has 12 heavy (non-hydrogen) atoms. The molecule has 0 saturated carbocycles. The third-order valence-corrected chi connectivity index (χ3v) is 1.91. The number of rotatable bonds is 4. The SMILES string of the molecule is [CH2-][NH2+][C@@H](CO)Cc1ccccc1. The van der Waals surface area contributed by atoms with Crippen molar-refractivity contribution in [2.45, 2.75) is 12.5 Å². The number of aliphatic hydroxyl groups is 1. The first-order valence-corrected chi connectivity index (χ1v) is 4.14. The Balaban J connectivity index is 2.51. The van der Waals surface area contributed by atoms with Gasteiger partial charge in [-0.25, -0.2) is 0 Å². The van der Waals surface area contributed by atoms with Crippen LogP contribution in [0.15, 0.2) is 30.3 Å². The van der Waals surface area contributed by atoms with Crippen molar-refractivity contribution in [3.05, 3.63) is 42.9 Å². The fourth-order valence-corrected chi connectivity index (χ4v) is 1.14. The molecule has 0 aliphatic heterocycles. The van der Waals surface area contributed by atoms with E-state index in [0.717, 1.165) is 6.42 Å². The first-order valence-electron chi connectivity index (χ1n) is 4.14. The molecule has 0 aliphatic rings. The molecular formula is C10H15NO. The minimum atomic E-state index is 0.179. The van der Waals surface area contributed by atoms with Crippen molar-refractivity contribution in [3.63, 3.8) is 0 Å². The van der Waals surface area contributed by atoms with Gasteiger partial charge in [-0.05, 0) is 5.56 Å². The first-order chi connectivity index (χ1) is 5.86. The molecule has 0 radical (unpaired) electrons. The van der Waals surface area contributed by atoms with E-state index in [0.29, 0.717) is 0 Å². The number of nitrogens with two attached hydrogens (primary N) is 1. The molecule has 66 valence electrons. The highest BCUT2D eigenvalue weighted by molar-refractivity contribution is 5.15. The van der Waals surface area contributed by atoms with Crippen LogP contribution in [0.4, 0.5) is 0 Å². The predicted molar refractivity (Wildman–Crippen MR) is 48.3 cm³/mol. The summed E-state index contributed by atoms with van der Waals surface area (Å²) in [6.07, 6.45) is 0.876. The van der Waals surface area contributed by atoms with Crippen LogP contribution in [-0.2, 0) is 6.42 Å². The van der Waals surface area contributed by atoms with Crippen molar-refractivity contribution in [1.29, 1.82) is 0 Å². The van der Waals surface area contributed by atoms with E-state index in [2.05, 4.69) is 19.2 Å². The third-order valence-electron chi connectivity index (χ3n) is 1.91. The van der Waals surface area contributed by atoms with E-state index in [1.165, 1.54) is 5.56 Å². The lowest BCUT2D eigenvalue weighted by atomic mass is 10.1. The Hall–Kier alpha value is -0.860. The molecule has 0 heterocycles. The van der Waals surface area contributed by atoms with Crippen LogP contribution in [-0.4, -0.2) is 17.8 Å². The molecule has 0 spiro atoms. The highest BCUT2D eigenvalue weighted by Crippen LogP contribution is 2.00. The Morgan fingerprint density at radius 1 is 1.33 bits per heavy atom. The maximum Gasteiger partial charge on any atom is 0.0931 e. The summed E-state index contributed by atoms with van der Waals surface area (Å²) >= 11 is 0. The van der Waals surface area contributed by atoms with E-state index in [9.17, 15) is 0 Å². The van der Waals surface area contributed by atoms with Gasteiger partial charge in [0.05, 0.1) is 12.6 Å². The number of quaternary nitrogens is 1. The lowest BCUT2D eigenvalue weighted by Gasteiger charge is -2.13. The highest BCUT2D eigenvalue weighted by atomic mass is 16.3. The fraction of sp³-hybridized carbons (Fsp3) is 0.300. The zero-order valence-corrected chi connectivity index (χ0v) is 7.11. The van der Waals surface area contributed by atoms with E-state index in [-0.39, 0.29) is 12.6 Å². The van der Waals surface area contributed by atoms with Gasteiger partial charge in [0.1, 0.15) is 0 Å². The molecule has 0 unspecified atom stereocenters. The van der Waals surface area contributed by atoms with Gasteiger partial charge in [0.25, 0.3) is 0 Å². The van der Waals surface area contributed by atoms with Crippen LogP contribution < -0.4 is 5.32 Å². The van der Waals surface area contributed by atoms with Gasteiger partial charge in [-0.3, -0.25) is 0 Å². The van der Waals surface area contributed by atoms with E-state index in [4.69, 9.17) is 5.11 Å². The zero-order valence-electron chi connectivity index (χ0n) is 7.11. The Morgan fingerprint density at radius 3 is 2.50 bits per heavy atom. The summed E-state index contributed by atoms with van der Waals surface area (Å²) in [6, 6.07) is 10.3. The predicted octanol–water partition coefficient (Wildman–Crippen LogP) is -0.0550. The minimum absolute atomic E-state index is 0.179. The molecule has 2 nitrogen and oxygen atoms in total. The monoisotopic (exact) mass is 165 g/mol. The van der Waals surface area contributed by atoms with Crippen molar-refractivity contribution < 1.29 is 10.4 Å². The van der Waals surface area contributed by atoms with Crippen LogP contribution in [0.5, 0.6) is 0 Å². The second-order valence-electron chi connectivity index (χ2n) is 2.87. The molecule has 2 heteroatoms. The van der Waals surface area contributed by atoms with Crippen molar-refractivity contribution in [2.24, 2.45) is 0 Å². The molecule has 1 aromatic rings. The smallest absolute Gasteiger partial charge is 0.0931 e. The largest absolute Gasteiger partial charge is 0.474 e. The Kier molecular flexibility index (Phi) is 3.77. The van der Waals surface area contributed by atoms with E-state index in [1.54, 1.807) is 5.32 Å². The average molecular weight is 165 g/mol. The normalized spacial score (nSPS) is 12.8. The summed E-state index contributed by atoms with van der Waals surface area (Å²) in [4.78, 5) is 0. The summed E-state index contributed by atoms with van der Waals surface area (Å²) in [6.45, 7) is 0.179. The molecule has 0 amide bonds. The van der Waals surface area contributed by atoms with Gasteiger partial charge in [-0.2, -0.15) is 7.05 Å². The summed E-state index contributed by atoms with van der Waals surface area (Å²) in [5.41, 5.74) is 1.25. The molecule has 3 N–H and O–H groups in total. The topological polar surface area (TPSA) is 36.8 Å². The van der Waals surface area contributed by atoms with Gasteiger partial charge >= 0.3 is 0 Å². The molecule has 0 aliphatic carbocycles. The first kappa shape index (κ1) is 9.23. The Bertz CT molecular complexity index is 206. The van der Waals surface area contributed by atoms with Crippen molar-refractivity contribution in [2.75, 3.05) is 6.61 Å². The van der Waals surface area contributed by atoms with Gasteiger partial charge in [0.15, 0.2) is 0 Å². The summed E-state index contributed by atoms with van der Waals surface area (Å²) in [7, 11) is 3.67. The fourth-order valence-electron chi connectivity index (χ4n) is 1.14. The second kappa shape index (κ2) is 4.91. The van der Waals surface area contributed by atoms with Crippen LogP contribution in [0.25, 0.3) is 0 Å². The Morgan fingerprint density at radius 2 is 2.00 bits per heavy atom. The molecule has 0 aromatic heterocycles. The quantitative estimate of drug-likeness (QED) is 0.603. The molecule has 0 bridgehead atoms. The minimum Gasteiger partial charge on any atom is -0.474 e. The van der Waals surface area contributed by atoms with Gasteiger partial charge in [0, 0.05) is 6.42 Å². The standard InChI is InChI=1S/C10H15NO/c1-11-10(8-12)7-9-5-3-2-4-6-9/h2-6,10,12H,1,7-8,11H2/t10-/m1/s1. The van der Waals surface area contributed by atoms with Crippen LogP contribution in [0, 0.1) is 7.05 Å². The van der Waals surface area contributed by atoms with Crippen molar-refractivity contribution in [1.82, 2.24) is 0 Å². The van der Waals surface area contributed by atoms with Gasteiger partial charge in [0.2, 0.25) is 0 Å². The lowest BCUT2D eigenvalue weighted by molar-refractivity contribution is -0.635. The van der Waals surface area contributed by atoms with Crippen LogP contribution in [0.3, 0.4) is 0 Å². The Labute approximate surface area is 73.2 Å². The molecule has 0 saturated heterocycles. The van der Waals surface area contributed by atoms with Gasteiger partial charge in [-0.15, -0.1) is 0 Å². The van der Waals surface area contributed by atoms with Crippen LogP contribution in [0.2, 0.25) is 0 Å². The van der Waals surface area contributed by atoms with Crippen LogP contribution in [0.1, 0.15) is 5.56 Å². The zero-order chi connectivity index (χ0) is 8.81. The summed E-state index contributed by atoms with van der Waals surface area (Å²) in [5, 5.41) is 10.7. The number of hydrogen-bond donors (Lipinski definition) is 2. The van der Waals surface area contributed by atoms with E-state index >= 15 is 0 Å². The maximum absolute atomic E-state index is 8.92. The summed E-state index contributed by atoms with van der Waals surface area (Å²) in [5.74, 6) is 0. The highest BCUT2D eigenvalue weighted by Gasteiger charge is 2.05.